The summed E-state index contributed by atoms with van der Waals surface area (Å²) >= 11 is 1.88. The van der Waals surface area contributed by atoms with E-state index in [2.05, 4.69) is 45.0 Å². The summed E-state index contributed by atoms with van der Waals surface area (Å²) in [6.45, 7) is 1.62. The van der Waals surface area contributed by atoms with Crippen molar-refractivity contribution in [3.63, 3.8) is 0 Å². The predicted molar refractivity (Wildman–Crippen MR) is 109 cm³/mol. The van der Waals surface area contributed by atoms with Crippen molar-refractivity contribution in [2.45, 2.75) is 17.9 Å². The second kappa shape index (κ2) is 11.3. The first-order valence-electron chi connectivity index (χ1n) is 7.39. The minimum atomic E-state index is 0. The Kier molecular flexibility index (Phi) is 9.77. The summed E-state index contributed by atoms with van der Waals surface area (Å²) in [5.74, 6) is 1.92. The molecule has 0 aliphatic carbocycles. The van der Waals surface area contributed by atoms with Gasteiger partial charge in [-0.2, -0.15) is 5.10 Å². The smallest absolute Gasteiger partial charge is 0.191 e. The maximum Gasteiger partial charge on any atom is 0.191 e. The highest BCUT2D eigenvalue weighted by Crippen LogP contribution is 2.17. The molecule has 23 heavy (non-hydrogen) atoms. The van der Waals surface area contributed by atoms with Gasteiger partial charge in [-0.15, -0.1) is 35.7 Å². The molecular formula is C16H24IN5S. The van der Waals surface area contributed by atoms with E-state index in [9.17, 15) is 0 Å². The lowest BCUT2D eigenvalue weighted by atomic mass is 10.4. The Morgan fingerprint density at radius 3 is 2.65 bits per heavy atom. The van der Waals surface area contributed by atoms with Crippen LogP contribution in [0.1, 0.15) is 12.1 Å². The van der Waals surface area contributed by atoms with E-state index in [0.717, 1.165) is 36.9 Å². The van der Waals surface area contributed by atoms with Crippen LogP contribution >= 0.6 is 35.7 Å². The van der Waals surface area contributed by atoms with Gasteiger partial charge in [0.15, 0.2) is 5.96 Å². The Balaban J connectivity index is 0.00000264. The topological polar surface area (TPSA) is 54.2 Å². The first-order chi connectivity index (χ1) is 10.8. The number of aromatic nitrogens is 2. The van der Waals surface area contributed by atoms with Gasteiger partial charge in [-0.3, -0.25) is 9.67 Å². The van der Waals surface area contributed by atoms with Crippen LogP contribution in [0.15, 0.2) is 52.5 Å². The molecule has 1 aromatic heterocycles. The Morgan fingerprint density at radius 2 is 2.00 bits per heavy atom. The van der Waals surface area contributed by atoms with Crippen LogP contribution in [0.2, 0.25) is 0 Å². The molecule has 0 saturated heterocycles. The highest BCUT2D eigenvalue weighted by molar-refractivity contribution is 14.0. The second-order valence-electron chi connectivity index (χ2n) is 4.81. The van der Waals surface area contributed by atoms with Crippen molar-refractivity contribution in [3.05, 3.63) is 48.3 Å². The fraction of sp³-hybridized carbons (Fsp3) is 0.375. The number of thioether (sulfide) groups is 1. The van der Waals surface area contributed by atoms with Gasteiger partial charge in [0.2, 0.25) is 0 Å². The van der Waals surface area contributed by atoms with Crippen LogP contribution in [0.4, 0.5) is 0 Å². The molecule has 126 valence electrons. The van der Waals surface area contributed by atoms with Crippen LogP contribution < -0.4 is 10.6 Å². The van der Waals surface area contributed by atoms with Gasteiger partial charge in [0.05, 0.1) is 12.2 Å². The number of aliphatic imine (C=N–C) groups is 1. The molecular weight excluding hydrogens is 421 g/mol. The average Bonchev–Trinajstić information content (AvgIpc) is 2.96. The van der Waals surface area contributed by atoms with E-state index in [1.807, 2.05) is 35.6 Å². The highest BCUT2D eigenvalue weighted by Gasteiger charge is 2.01. The van der Waals surface area contributed by atoms with Gasteiger partial charge in [-0.25, -0.2) is 0 Å². The van der Waals surface area contributed by atoms with Gasteiger partial charge in [0.1, 0.15) is 0 Å². The second-order valence-corrected chi connectivity index (χ2v) is 5.98. The maximum absolute atomic E-state index is 4.23. The first kappa shape index (κ1) is 19.8. The highest BCUT2D eigenvalue weighted by atomic mass is 127. The molecule has 1 heterocycles. The zero-order chi connectivity index (χ0) is 15.6. The maximum atomic E-state index is 4.23. The molecule has 0 aliphatic rings. The van der Waals surface area contributed by atoms with E-state index < -0.39 is 0 Å². The van der Waals surface area contributed by atoms with Crippen molar-refractivity contribution in [2.75, 3.05) is 19.3 Å². The Hall–Kier alpha value is -1.22. The molecule has 2 N–H and O–H groups in total. The molecule has 5 nitrogen and oxygen atoms in total. The number of benzene rings is 1. The lowest BCUT2D eigenvalue weighted by Gasteiger charge is -2.11. The number of nitrogens with zero attached hydrogens (tertiary/aromatic N) is 3. The molecule has 0 unspecified atom stereocenters. The van der Waals surface area contributed by atoms with Crippen LogP contribution in [0.25, 0.3) is 0 Å². The van der Waals surface area contributed by atoms with Crippen molar-refractivity contribution in [2.24, 2.45) is 12.0 Å². The van der Waals surface area contributed by atoms with Crippen molar-refractivity contribution in [1.29, 1.82) is 0 Å². The van der Waals surface area contributed by atoms with E-state index in [1.165, 1.54) is 4.90 Å². The summed E-state index contributed by atoms with van der Waals surface area (Å²) in [6.07, 6.45) is 2.89. The fourth-order valence-electron chi connectivity index (χ4n) is 1.96. The average molecular weight is 445 g/mol. The quantitative estimate of drug-likeness (QED) is 0.226. The molecule has 0 bridgehead atoms. The van der Waals surface area contributed by atoms with Gasteiger partial charge in [0.25, 0.3) is 0 Å². The van der Waals surface area contributed by atoms with Gasteiger partial charge in [0, 0.05) is 31.7 Å². The SMILES string of the molecule is CN=C(NCCCSc1ccccc1)NCc1ccnn1C.I. The number of hydrogen-bond acceptors (Lipinski definition) is 3. The number of nitrogens with one attached hydrogen (secondary N) is 2. The van der Waals surface area contributed by atoms with Gasteiger partial charge in [-0.1, -0.05) is 18.2 Å². The Morgan fingerprint density at radius 1 is 1.22 bits per heavy atom. The van der Waals surface area contributed by atoms with Gasteiger partial charge in [-0.05, 0) is 30.4 Å². The minimum absolute atomic E-state index is 0. The number of rotatable bonds is 7. The summed E-state index contributed by atoms with van der Waals surface area (Å²) in [5, 5.41) is 10.8. The third-order valence-corrected chi connectivity index (χ3v) is 4.31. The molecule has 0 amide bonds. The van der Waals surface area contributed by atoms with E-state index in [4.69, 9.17) is 0 Å². The summed E-state index contributed by atoms with van der Waals surface area (Å²) in [4.78, 5) is 5.55. The third-order valence-electron chi connectivity index (χ3n) is 3.21. The summed E-state index contributed by atoms with van der Waals surface area (Å²) in [6, 6.07) is 12.5. The Labute approximate surface area is 159 Å². The van der Waals surface area contributed by atoms with Crippen molar-refractivity contribution in [1.82, 2.24) is 20.4 Å². The molecule has 0 atom stereocenters. The van der Waals surface area contributed by atoms with Crippen LogP contribution in [-0.2, 0) is 13.6 Å². The lowest BCUT2D eigenvalue weighted by molar-refractivity contribution is 0.683. The molecule has 0 radical (unpaired) electrons. The largest absolute Gasteiger partial charge is 0.356 e. The van der Waals surface area contributed by atoms with Gasteiger partial charge < -0.3 is 10.6 Å². The molecule has 7 heteroatoms. The van der Waals surface area contributed by atoms with Crippen LogP contribution in [0.5, 0.6) is 0 Å². The summed E-state index contributed by atoms with van der Waals surface area (Å²) < 4.78 is 1.86. The van der Waals surface area contributed by atoms with Crippen LogP contribution in [-0.4, -0.2) is 35.1 Å². The zero-order valence-corrected chi connectivity index (χ0v) is 16.7. The van der Waals surface area contributed by atoms with Crippen molar-refractivity contribution in [3.8, 4) is 0 Å². The van der Waals surface area contributed by atoms with Crippen LogP contribution in [0.3, 0.4) is 0 Å². The monoisotopic (exact) mass is 445 g/mol. The Bertz CT molecular complexity index is 585. The van der Waals surface area contributed by atoms with Crippen LogP contribution in [0, 0.1) is 0 Å². The minimum Gasteiger partial charge on any atom is -0.356 e. The van der Waals surface area contributed by atoms with Gasteiger partial charge >= 0.3 is 0 Å². The fourth-order valence-corrected chi connectivity index (χ4v) is 2.83. The molecule has 2 aromatic rings. The van der Waals surface area contributed by atoms with E-state index in [1.54, 1.807) is 13.2 Å². The van der Waals surface area contributed by atoms with E-state index >= 15 is 0 Å². The lowest BCUT2D eigenvalue weighted by Crippen LogP contribution is -2.37. The molecule has 1 aromatic carbocycles. The zero-order valence-electron chi connectivity index (χ0n) is 13.5. The molecule has 0 fully saturated rings. The first-order valence-corrected chi connectivity index (χ1v) is 8.37. The van der Waals surface area contributed by atoms with E-state index in [0.29, 0.717) is 0 Å². The molecule has 2 rings (SSSR count). The van der Waals surface area contributed by atoms with Crippen molar-refractivity contribution >= 4 is 41.7 Å². The summed E-state index contributed by atoms with van der Waals surface area (Å²) in [7, 11) is 3.73. The molecule has 0 aliphatic heterocycles. The number of guanidine groups is 1. The number of hydrogen-bond donors (Lipinski definition) is 2. The van der Waals surface area contributed by atoms with Crippen molar-refractivity contribution < 1.29 is 0 Å². The number of aryl methyl sites for hydroxylation is 1. The standard InChI is InChI=1S/C16H23N5S.HI/c1-17-16(19-13-14-9-11-20-21(14)2)18-10-6-12-22-15-7-4-3-5-8-15;/h3-5,7-9,11H,6,10,12-13H2,1-2H3,(H2,17,18,19);1H. The normalized spacial score (nSPS) is 11.0. The molecule has 0 spiro atoms. The third kappa shape index (κ3) is 7.26. The molecule has 0 saturated carbocycles. The van der Waals surface area contributed by atoms with E-state index in [-0.39, 0.29) is 24.0 Å². The summed E-state index contributed by atoms with van der Waals surface area (Å²) in [5.41, 5.74) is 1.13. The number of halogens is 1. The predicted octanol–water partition coefficient (Wildman–Crippen LogP) is 2.89.